The summed E-state index contributed by atoms with van der Waals surface area (Å²) in [5.41, 5.74) is 4.12. The third-order valence-electron chi connectivity index (χ3n) is 4.79. The minimum Gasteiger partial charge on any atom is -0.281 e. The zero-order valence-electron chi connectivity index (χ0n) is 14.5. The standard InChI is InChI=1S/C22H16N4O/c27-22-20-18(13-15-7-3-1-4-8-15)24-25-21(20)17-11-12-23-14-19(17)26(22)16-9-5-2-6-10-16/h1-12,14H,13H2,(H,24,25). The second-order valence-electron chi connectivity index (χ2n) is 6.46. The second-order valence-corrected chi connectivity index (χ2v) is 6.46. The van der Waals surface area contributed by atoms with Crippen LogP contribution >= 0.6 is 0 Å². The van der Waals surface area contributed by atoms with Crippen molar-refractivity contribution in [2.45, 2.75) is 6.42 Å². The fourth-order valence-electron chi connectivity index (χ4n) is 3.55. The first-order valence-corrected chi connectivity index (χ1v) is 8.78. The van der Waals surface area contributed by atoms with Gasteiger partial charge in [-0.25, -0.2) is 0 Å². The maximum Gasteiger partial charge on any atom is 0.267 e. The Balaban J connectivity index is 1.85. The van der Waals surface area contributed by atoms with Crippen molar-refractivity contribution in [2.24, 2.45) is 0 Å². The lowest BCUT2D eigenvalue weighted by Gasteiger charge is -2.11. The number of aromatic nitrogens is 4. The normalized spacial score (nSPS) is 11.3. The van der Waals surface area contributed by atoms with E-state index in [0.717, 1.165) is 27.8 Å². The number of hydrogen-bond acceptors (Lipinski definition) is 3. The lowest BCUT2D eigenvalue weighted by Crippen LogP contribution is -2.19. The van der Waals surface area contributed by atoms with Crippen molar-refractivity contribution in [3.63, 3.8) is 0 Å². The number of nitrogens with one attached hydrogen (secondary N) is 1. The van der Waals surface area contributed by atoms with E-state index < -0.39 is 0 Å². The molecule has 5 nitrogen and oxygen atoms in total. The number of benzene rings is 2. The largest absolute Gasteiger partial charge is 0.281 e. The summed E-state index contributed by atoms with van der Waals surface area (Å²) in [4.78, 5) is 17.7. The van der Waals surface area contributed by atoms with Crippen LogP contribution in [0.2, 0.25) is 0 Å². The van der Waals surface area contributed by atoms with E-state index >= 15 is 0 Å². The van der Waals surface area contributed by atoms with Gasteiger partial charge in [-0.15, -0.1) is 0 Å². The molecule has 0 saturated heterocycles. The van der Waals surface area contributed by atoms with Crippen LogP contribution < -0.4 is 5.56 Å². The Morgan fingerprint density at radius 1 is 0.926 bits per heavy atom. The first-order chi connectivity index (χ1) is 13.3. The smallest absolute Gasteiger partial charge is 0.267 e. The SMILES string of the molecule is O=c1c2c(Cc3ccccc3)[nH]nc2c2ccncc2n1-c1ccccc1. The first-order valence-electron chi connectivity index (χ1n) is 8.78. The van der Waals surface area contributed by atoms with Gasteiger partial charge in [0.1, 0.15) is 5.52 Å². The highest BCUT2D eigenvalue weighted by Crippen LogP contribution is 2.25. The zero-order chi connectivity index (χ0) is 18.2. The van der Waals surface area contributed by atoms with E-state index in [1.165, 1.54) is 0 Å². The highest BCUT2D eigenvalue weighted by atomic mass is 16.1. The molecule has 0 aliphatic heterocycles. The number of pyridine rings is 2. The van der Waals surface area contributed by atoms with E-state index in [1.54, 1.807) is 17.0 Å². The number of H-pyrrole nitrogens is 1. The molecule has 0 spiro atoms. The lowest BCUT2D eigenvalue weighted by molar-refractivity contribution is 1.01. The Labute approximate surface area is 154 Å². The van der Waals surface area contributed by atoms with Gasteiger partial charge in [0.25, 0.3) is 5.56 Å². The number of aromatic amines is 1. The van der Waals surface area contributed by atoms with Crippen molar-refractivity contribution in [2.75, 3.05) is 0 Å². The van der Waals surface area contributed by atoms with E-state index in [9.17, 15) is 4.79 Å². The number of fused-ring (bicyclic) bond motifs is 3. The fourth-order valence-corrected chi connectivity index (χ4v) is 3.55. The van der Waals surface area contributed by atoms with Gasteiger partial charge in [0.2, 0.25) is 0 Å². The minimum atomic E-state index is -0.0867. The maximum atomic E-state index is 13.5. The molecule has 2 aromatic carbocycles. The van der Waals surface area contributed by atoms with Crippen LogP contribution in [0.3, 0.4) is 0 Å². The lowest BCUT2D eigenvalue weighted by atomic mass is 10.1. The summed E-state index contributed by atoms with van der Waals surface area (Å²) < 4.78 is 1.72. The molecule has 0 aliphatic carbocycles. The predicted molar refractivity (Wildman–Crippen MR) is 106 cm³/mol. The molecule has 0 atom stereocenters. The van der Waals surface area contributed by atoms with Crippen LogP contribution in [0, 0.1) is 0 Å². The molecule has 0 radical (unpaired) electrons. The molecule has 0 aliphatic rings. The Morgan fingerprint density at radius 2 is 1.67 bits per heavy atom. The number of hydrogen-bond donors (Lipinski definition) is 1. The van der Waals surface area contributed by atoms with Crippen molar-refractivity contribution >= 4 is 21.8 Å². The van der Waals surface area contributed by atoms with Crippen LogP contribution in [0.5, 0.6) is 0 Å². The highest BCUT2D eigenvalue weighted by molar-refractivity contribution is 6.04. The Morgan fingerprint density at radius 3 is 2.44 bits per heavy atom. The zero-order valence-corrected chi connectivity index (χ0v) is 14.5. The molecular weight excluding hydrogens is 336 g/mol. The van der Waals surface area contributed by atoms with Crippen LogP contribution in [-0.4, -0.2) is 19.7 Å². The van der Waals surface area contributed by atoms with Gasteiger partial charge < -0.3 is 0 Å². The van der Waals surface area contributed by atoms with E-state index in [0.29, 0.717) is 17.3 Å². The third-order valence-corrected chi connectivity index (χ3v) is 4.79. The molecule has 3 heterocycles. The van der Waals surface area contributed by atoms with E-state index in [2.05, 4.69) is 15.2 Å². The molecule has 5 heteroatoms. The minimum absolute atomic E-state index is 0.0867. The molecular formula is C22H16N4O. The molecule has 5 aromatic rings. The molecule has 130 valence electrons. The number of para-hydroxylation sites is 1. The van der Waals surface area contributed by atoms with Crippen molar-refractivity contribution in [1.29, 1.82) is 0 Å². The van der Waals surface area contributed by atoms with Gasteiger partial charge in [0.15, 0.2) is 0 Å². The topological polar surface area (TPSA) is 63.6 Å². The highest BCUT2D eigenvalue weighted by Gasteiger charge is 2.18. The van der Waals surface area contributed by atoms with Gasteiger partial charge in [-0.1, -0.05) is 48.5 Å². The summed E-state index contributed by atoms with van der Waals surface area (Å²) >= 11 is 0. The van der Waals surface area contributed by atoms with Crippen LogP contribution in [0.15, 0.2) is 83.9 Å². The maximum absolute atomic E-state index is 13.5. The van der Waals surface area contributed by atoms with Crippen LogP contribution in [0.25, 0.3) is 27.5 Å². The summed E-state index contributed by atoms with van der Waals surface area (Å²) in [5.74, 6) is 0. The van der Waals surface area contributed by atoms with Gasteiger partial charge in [-0.3, -0.25) is 19.4 Å². The van der Waals surface area contributed by atoms with E-state index in [-0.39, 0.29) is 5.56 Å². The molecule has 27 heavy (non-hydrogen) atoms. The molecule has 1 N–H and O–H groups in total. The van der Waals surface area contributed by atoms with Crippen molar-refractivity contribution < 1.29 is 0 Å². The monoisotopic (exact) mass is 352 g/mol. The molecule has 3 aromatic heterocycles. The Bertz CT molecular complexity index is 1300. The molecule has 0 bridgehead atoms. The van der Waals surface area contributed by atoms with Gasteiger partial charge in [-0.2, -0.15) is 5.10 Å². The van der Waals surface area contributed by atoms with E-state index in [4.69, 9.17) is 0 Å². The Hall–Kier alpha value is -3.73. The van der Waals surface area contributed by atoms with Crippen molar-refractivity contribution in [1.82, 2.24) is 19.7 Å². The third kappa shape index (κ3) is 2.52. The van der Waals surface area contributed by atoms with Gasteiger partial charge in [0, 0.05) is 23.7 Å². The summed E-state index contributed by atoms with van der Waals surface area (Å²) in [6, 6.07) is 21.6. The molecule has 5 rings (SSSR count). The molecule has 0 amide bonds. The predicted octanol–water partition coefficient (Wildman–Crippen LogP) is 3.85. The summed E-state index contributed by atoms with van der Waals surface area (Å²) in [7, 11) is 0. The van der Waals surface area contributed by atoms with Crippen molar-refractivity contribution in [3.8, 4) is 5.69 Å². The van der Waals surface area contributed by atoms with Crippen LogP contribution in [0.1, 0.15) is 11.3 Å². The number of nitrogens with zero attached hydrogens (tertiary/aromatic N) is 3. The first kappa shape index (κ1) is 15.5. The average molecular weight is 352 g/mol. The van der Waals surface area contributed by atoms with Crippen molar-refractivity contribution in [3.05, 3.63) is 101 Å². The molecule has 0 unspecified atom stereocenters. The summed E-state index contributed by atoms with van der Waals surface area (Å²) in [5, 5.41) is 9.09. The molecule has 0 saturated carbocycles. The fraction of sp³-hybridized carbons (Fsp3) is 0.0455. The molecule has 0 fully saturated rings. The van der Waals surface area contributed by atoms with Gasteiger partial charge >= 0.3 is 0 Å². The Kier molecular flexibility index (Phi) is 3.57. The number of rotatable bonds is 3. The van der Waals surface area contributed by atoms with Gasteiger partial charge in [-0.05, 0) is 23.8 Å². The summed E-state index contributed by atoms with van der Waals surface area (Å²) in [6.07, 6.45) is 4.07. The average Bonchev–Trinajstić information content (AvgIpc) is 3.14. The van der Waals surface area contributed by atoms with Crippen LogP contribution in [0.4, 0.5) is 0 Å². The van der Waals surface area contributed by atoms with Crippen LogP contribution in [-0.2, 0) is 6.42 Å². The quantitative estimate of drug-likeness (QED) is 0.536. The summed E-state index contributed by atoms with van der Waals surface area (Å²) in [6.45, 7) is 0. The second kappa shape index (κ2) is 6.21. The van der Waals surface area contributed by atoms with E-state index in [1.807, 2.05) is 66.7 Å². The van der Waals surface area contributed by atoms with Gasteiger partial charge in [0.05, 0.1) is 22.8 Å².